The van der Waals surface area contributed by atoms with Crippen molar-refractivity contribution in [1.29, 1.82) is 0 Å². The number of carbonyl (C=O) groups excluding carboxylic acids is 1. The lowest BCUT2D eigenvalue weighted by molar-refractivity contribution is -0.0498. The first-order valence-corrected chi connectivity index (χ1v) is 11.0. The van der Waals surface area contributed by atoms with E-state index in [9.17, 15) is 13.6 Å². The molecule has 0 saturated heterocycles. The molecule has 2 aromatic heterocycles. The largest absolute Gasteiger partial charge is 0.435 e. The minimum absolute atomic E-state index is 0.00759. The fraction of sp³-hybridized carbons (Fsp3) is 0.0870. The van der Waals surface area contributed by atoms with Crippen molar-refractivity contribution in [3.63, 3.8) is 0 Å². The highest BCUT2D eigenvalue weighted by atomic mass is 32.1. The summed E-state index contributed by atoms with van der Waals surface area (Å²) in [5.41, 5.74) is 4.24. The Morgan fingerprint density at radius 3 is 2.50 bits per heavy atom. The van der Waals surface area contributed by atoms with Gasteiger partial charge in [0.15, 0.2) is 5.13 Å². The molecule has 0 radical (unpaired) electrons. The Morgan fingerprint density at radius 2 is 1.79 bits per heavy atom. The van der Waals surface area contributed by atoms with Crippen LogP contribution >= 0.6 is 11.3 Å². The molecule has 0 atom stereocenters. The van der Waals surface area contributed by atoms with Crippen molar-refractivity contribution in [3.8, 4) is 17.0 Å². The number of hydrogen-bond acceptors (Lipinski definition) is 7. The van der Waals surface area contributed by atoms with E-state index in [0.717, 1.165) is 22.6 Å². The molecule has 0 aliphatic heterocycles. The molecule has 4 N–H and O–H groups in total. The number of nitrogens with one attached hydrogen (secondary N) is 4. The summed E-state index contributed by atoms with van der Waals surface area (Å²) in [7, 11) is 1.80. The van der Waals surface area contributed by atoms with Crippen LogP contribution in [0.25, 0.3) is 11.3 Å². The van der Waals surface area contributed by atoms with E-state index in [1.807, 2.05) is 23.6 Å². The molecule has 0 spiro atoms. The smallest absolute Gasteiger partial charge is 0.387 e. The van der Waals surface area contributed by atoms with Gasteiger partial charge in [-0.15, -0.1) is 11.3 Å². The second kappa shape index (κ2) is 10.6. The number of amides is 2. The van der Waals surface area contributed by atoms with Gasteiger partial charge in [0.2, 0.25) is 0 Å². The Balaban J connectivity index is 1.43. The van der Waals surface area contributed by atoms with Gasteiger partial charge in [0.25, 0.3) is 0 Å². The quantitative estimate of drug-likeness (QED) is 0.237. The number of hydrogen-bond donors (Lipinski definition) is 4. The van der Waals surface area contributed by atoms with Gasteiger partial charge in [0.05, 0.1) is 17.1 Å². The Bertz CT molecular complexity index is 1250. The van der Waals surface area contributed by atoms with Crippen LogP contribution in [0, 0.1) is 0 Å². The van der Waals surface area contributed by atoms with Gasteiger partial charge in [-0.1, -0.05) is 0 Å². The van der Waals surface area contributed by atoms with Crippen LogP contribution < -0.4 is 26.0 Å². The SMILES string of the molecule is CNc1ccc(NC(=O)Nc2ccc(OC(F)F)cc2)cc1Nc1nc(-c2cccnc2)cs1. The summed E-state index contributed by atoms with van der Waals surface area (Å²) in [4.78, 5) is 21.1. The molecule has 11 heteroatoms. The van der Waals surface area contributed by atoms with E-state index >= 15 is 0 Å². The van der Waals surface area contributed by atoms with Crippen molar-refractivity contribution in [2.75, 3.05) is 28.3 Å². The normalized spacial score (nSPS) is 10.6. The number of urea groups is 1. The maximum absolute atomic E-state index is 12.4. The van der Waals surface area contributed by atoms with Crippen molar-refractivity contribution in [1.82, 2.24) is 9.97 Å². The number of nitrogens with zero attached hydrogens (tertiary/aromatic N) is 2. The Kier molecular flexibility index (Phi) is 7.13. The van der Waals surface area contributed by atoms with Gasteiger partial charge in [-0.05, 0) is 54.6 Å². The lowest BCUT2D eigenvalue weighted by atomic mass is 10.2. The number of ether oxygens (including phenoxy) is 1. The molecule has 2 heterocycles. The number of benzene rings is 2. The summed E-state index contributed by atoms with van der Waals surface area (Å²) in [6, 6.07) is 14.3. The minimum Gasteiger partial charge on any atom is -0.435 e. The summed E-state index contributed by atoms with van der Waals surface area (Å²) in [5.74, 6) is 0.00759. The molecule has 2 amide bonds. The van der Waals surface area contributed by atoms with Crippen LogP contribution in [0.5, 0.6) is 5.75 Å². The van der Waals surface area contributed by atoms with Crippen LogP contribution in [0.3, 0.4) is 0 Å². The van der Waals surface area contributed by atoms with Crippen molar-refractivity contribution in [2.45, 2.75) is 6.61 Å². The highest BCUT2D eigenvalue weighted by Crippen LogP contribution is 2.32. The second-order valence-corrected chi connectivity index (χ2v) is 7.76. The summed E-state index contributed by atoms with van der Waals surface area (Å²) < 4.78 is 28.8. The topological polar surface area (TPSA) is 100 Å². The zero-order valence-electron chi connectivity index (χ0n) is 17.9. The highest BCUT2D eigenvalue weighted by molar-refractivity contribution is 7.14. The molecule has 0 fully saturated rings. The summed E-state index contributed by atoms with van der Waals surface area (Å²) >= 11 is 1.45. The summed E-state index contributed by atoms with van der Waals surface area (Å²) in [5, 5.41) is 14.4. The van der Waals surface area contributed by atoms with Gasteiger partial charge in [0, 0.05) is 41.8 Å². The Hall–Kier alpha value is -4.25. The lowest BCUT2D eigenvalue weighted by Gasteiger charge is -2.13. The van der Waals surface area contributed by atoms with Crippen molar-refractivity contribution in [3.05, 3.63) is 72.4 Å². The van der Waals surface area contributed by atoms with Gasteiger partial charge in [-0.25, -0.2) is 9.78 Å². The van der Waals surface area contributed by atoms with E-state index in [0.29, 0.717) is 16.5 Å². The molecule has 0 bridgehead atoms. The van der Waals surface area contributed by atoms with Crippen molar-refractivity contribution >= 4 is 45.2 Å². The maximum Gasteiger partial charge on any atom is 0.387 e. The maximum atomic E-state index is 12.4. The number of rotatable bonds is 8. The molecule has 34 heavy (non-hydrogen) atoms. The number of pyridine rings is 1. The van der Waals surface area contributed by atoms with Gasteiger partial charge < -0.3 is 26.0 Å². The van der Waals surface area contributed by atoms with Crippen molar-refractivity contribution < 1.29 is 18.3 Å². The van der Waals surface area contributed by atoms with Gasteiger partial charge in [0.1, 0.15) is 5.75 Å². The van der Waals surface area contributed by atoms with Crippen LogP contribution in [-0.4, -0.2) is 29.7 Å². The number of anilines is 5. The fourth-order valence-corrected chi connectivity index (χ4v) is 3.78. The molecule has 0 aliphatic rings. The number of thiazole rings is 1. The molecule has 0 saturated carbocycles. The predicted octanol–water partition coefficient (Wildman–Crippen LogP) is 6.24. The van der Waals surface area contributed by atoms with E-state index in [1.165, 1.54) is 35.6 Å². The lowest BCUT2D eigenvalue weighted by Crippen LogP contribution is -2.19. The minimum atomic E-state index is -2.91. The Morgan fingerprint density at radius 1 is 1.03 bits per heavy atom. The molecule has 8 nitrogen and oxygen atoms in total. The van der Waals surface area contributed by atoms with Crippen LogP contribution in [0.2, 0.25) is 0 Å². The van der Waals surface area contributed by atoms with Crippen LogP contribution in [-0.2, 0) is 0 Å². The van der Waals surface area contributed by atoms with Crippen LogP contribution in [0.1, 0.15) is 0 Å². The highest BCUT2D eigenvalue weighted by Gasteiger charge is 2.10. The Labute approximate surface area is 198 Å². The number of alkyl halides is 2. The first-order chi connectivity index (χ1) is 16.5. The third-order valence-corrected chi connectivity index (χ3v) is 5.34. The molecule has 174 valence electrons. The number of carbonyl (C=O) groups is 1. The molecular weight excluding hydrogens is 462 g/mol. The van der Waals surface area contributed by atoms with E-state index in [2.05, 4.69) is 36.0 Å². The van der Waals surface area contributed by atoms with E-state index < -0.39 is 12.6 Å². The predicted molar refractivity (Wildman–Crippen MR) is 130 cm³/mol. The molecule has 2 aromatic carbocycles. The number of halogens is 2. The third-order valence-electron chi connectivity index (χ3n) is 4.59. The number of aromatic nitrogens is 2. The first-order valence-electron chi connectivity index (χ1n) is 10.1. The van der Waals surface area contributed by atoms with E-state index in [4.69, 9.17) is 0 Å². The van der Waals surface area contributed by atoms with Crippen molar-refractivity contribution in [2.24, 2.45) is 0 Å². The summed E-state index contributed by atoms with van der Waals surface area (Å²) in [6.07, 6.45) is 3.46. The monoisotopic (exact) mass is 482 g/mol. The first kappa shape index (κ1) is 22.9. The zero-order valence-corrected chi connectivity index (χ0v) is 18.7. The van der Waals surface area contributed by atoms with Crippen LogP contribution in [0.4, 0.5) is 41.5 Å². The molecule has 4 aromatic rings. The average molecular weight is 483 g/mol. The standard InChI is InChI=1S/C23H20F2N6O2S/c1-26-18-9-6-16(29-22(32)28-15-4-7-17(8-5-15)33-21(24)25)11-19(18)30-23-31-20(13-34-23)14-3-2-10-27-12-14/h2-13,21,26H,1H3,(H,30,31)(H2,28,29,32). The molecule has 0 aliphatic carbocycles. The van der Waals surface area contributed by atoms with Gasteiger partial charge in [-0.2, -0.15) is 8.78 Å². The van der Waals surface area contributed by atoms with E-state index in [1.54, 1.807) is 31.6 Å². The van der Waals surface area contributed by atoms with Gasteiger partial charge in [-0.3, -0.25) is 4.98 Å². The van der Waals surface area contributed by atoms with Gasteiger partial charge >= 0.3 is 12.6 Å². The molecule has 0 unspecified atom stereocenters. The zero-order chi connectivity index (χ0) is 23.9. The third kappa shape index (κ3) is 5.95. The van der Waals surface area contributed by atoms with Crippen LogP contribution in [0.15, 0.2) is 72.4 Å². The molecule has 4 rings (SSSR count). The average Bonchev–Trinajstić information content (AvgIpc) is 3.29. The summed E-state index contributed by atoms with van der Waals surface area (Å²) in [6.45, 7) is -2.91. The van der Waals surface area contributed by atoms with E-state index in [-0.39, 0.29) is 5.75 Å². The fourth-order valence-electron chi connectivity index (χ4n) is 3.05. The molecular formula is C23H20F2N6O2S. The second-order valence-electron chi connectivity index (χ2n) is 6.90.